The van der Waals surface area contributed by atoms with Crippen LogP contribution < -0.4 is 9.64 Å². The summed E-state index contributed by atoms with van der Waals surface area (Å²) < 4.78 is 39.5. The molecule has 2 aromatic heterocycles. The number of aryl methyl sites for hydroxylation is 2. The number of fused-ring (bicyclic) bond motifs is 1. The van der Waals surface area contributed by atoms with E-state index >= 15 is 0 Å². The minimum absolute atomic E-state index is 0.0627. The van der Waals surface area contributed by atoms with Crippen LogP contribution >= 0.6 is 11.3 Å². The predicted molar refractivity (Wildman–Crippen MR) is 143 cm³/mol. The molecule has 3 heterocycles. The van der Waals surface area contributed by atoms with Crippen molar-refractivity contribution in [3.63, 3.8) is 0 Å². The van der Waals surface area contributed by atoms with Gasteiger partial charge < -0.3 is 9.15 Å². The highest BCUT2D eigenvalue weighted by atomic mass is 32.2. The third kappa shape index (κ3) is 5.01. The molecule has 1 amide bonds. The number of rotatable bonds is 7. The highest BCUT2D eigenvalue weighted by Crippen LogP contribution is 2.35. The lowest BCUT2D eigenvalue weighted by molar-refractivity contribution is -0.123. The van der Waals surface area contributed by atoms with E-state index in [4.69, 9.17) is 14.1 Å². The fourth-order valence-electron chi connectivity index (χ4n) is 4.62. The van der Waals surface area contributed by atoms with Gasteiger partial charge in [-0.3, -0.25) is 9.69 Å². The number of hydrogen-bond acceptors (Lipinski definition) is 7. The number of hydrogen-bond donors (Lipinski definition) is 0. The van der Waals surface area contributed by atoms with Gasteiger partial charge in [-0.15, -0.1) is 0 Å². The molecule has 2 aromatic carbocycles. The number of amides is 1. The SMILES string of the molecule is COc1ccc(S(=O)(=O)N2CCC(C(=O)N(Cc3ccco3)c3nc4c(C)ccc(C)c4s3)CC2)cc1. The minimum Gasteiger partial charge on any atom is -0.497 e. The average molecular weight is 540 g/mol. The average Bonchev–Trinajstić information content (AvgIpc) is 3.60. The van der Waals surface area contributed by atoms with Gasteiger partial charge in [0.1, 0.15) is 11.5 Å². The van der Waals surface area contributed by atoms with E-state index < -0.39 is 10.0 Å². The summed E-state index contributed by atoms with van der Waals surface area (Å²) in [5.74, 6) is 0.888. The number of aromatic nitrogens is 1. The number of piperidine rings is 1. The molecule has 0 saturated carbocycles. The Morgan fingerprint density at radius 3 is 2.43 bits per heavy atom. The van der Waals surface area contributed by atoms with Crippen LogP contribution in [0.25, 0.3) is 10.2 Å². The van der Waals surface area contributed by atoms with Gasteiger partial charge in [0.15, 0.2) is 5.13 Å². The van der Waals surface area contributed by atoms with Crippen molar-refractivity contribution in [1.29, 1.82) is 0 Å². The maximum atomic E-state index is 13.8. The summed E-state index contributed by atoms with van der Waals surface area (Å²) in [5, 5.41) is 0.627. The number of carbonyl (C=O) groups excluding carboxylic acids is 1. The van der Waals surface area contributed by atoms with Crippen molar-refractivity contribution in [2.75, 3.05) is 25.1 Å². The van der Waals surface area contributed by atoms with Crippen LogP contribution in [0, 0.1) is 19.8 Å². The zero-order valence-electron chi connectivity index (χ0n) is 21.0. The molecule has 5 rings (SSSR count). The van der Waals surface area contributed by atoms with E-state index in [1.807, 2.05) is 26.0 Å². The van der Waals surface area contributed by atoms with Gasteiger partial charge in [0.05, 0.1) is 35.0 Å². The number of ether oxygens (including phenoxy) is 1. The first-order chi connectivity index (χ1) is 17.8. The topological polar surface area (TPSA) is 93.0 Å². The molecule has 37 heavy (non-hydrogen) atoms. The fourth-order valence-corrected chi connectivity index (χ4v) is 7.21. The summed E-state index contributed by atoms with van der Waals surface area (Å²) in [4.78, 5) is 20.6. The summed E-state index contributed by atoms with van der Waals surface area (Å²) >= 11 is 1.50. The molecule has 4 aromatic rings. The van der Waals surface area contributed by atoms with Crippen LogP contribution in [0.2, 0.25) is 0 Å². The summed E-state index contributed by atoms with van der Waals surface area (Å²) in [6.07, 6.45) is 2.46. The third-order valence-corrected chi connectivity index (χ3v) is 9.95. The van der Waals surface area contributed by atoms with E-state index in [2.05, 4.69) is 6.07 Å². The first-order valence-electron chi connectivity index (χ1n) is 12.1. The molecule has 0 N–H and O–H groups in total. The molecule has 0 spiro atoms. The molecular formula is C27H29N3O5S2. The Morgan fingerprint density at radius 1 is 1.11 bits per heavy atom. The van der Waals surface area contributed by atoms with Crippen LogP contribution in [0.1, 0.15) is 29.7 Å². The number of thiazole rings is 1. The van der Waals surface area contributed by atoms with Gasteiger partial charge in [-0.1, -0.05) is 23.5 Å². The molecule has 0 radical (unpaired) electrons. The Bertz CT molecular complexity index is 1460. The molecule has 1 aliphatic heterocycles. The number of benzene rings is 2. The van der Waals surface area contributed by atoms with Gasteiger partial charge in [-0.05, 0) is 74.2 Å². The Labute approximate surface area is 220 Å². The van der Waals surface area contributed by atoms with Crippen molar-refractivity contribution in [2.24, 2.45) is 5.92 Å². The second kappa shape index (κ2) is 10.3. The van der Waals surface area contributed by atoms with E-state index in [-0.39, 0.29) is 36.4 Å². The third-order valence-electron chi connectivity index (χ3n) is 6.82. The Morgan fingerprint density at radius 2 is 1.81 bits per heavy atom. The van der Waals surface area contributed by atoms with E-state index in [1.54, 1.807) is 41.5 Å². The zero-order chi connectivity index (χ0) is 26.2. The van der Waals surface area contributed by atoms with Crippen LogP contribution in [0.5, 0.6) is 5.75 Å². The minimum atomic E-state index is -3.65. The Kier molecular flexibility index (Phi) is 7.06. The van der Waals surface area contributed by atoms with Gasteiger partial charge >= 0.3 is 0 Å². The zero-order valence-corrected chi connectivity index (χ0v) is 22.6. The van der Waals surface area contributed by atoms with Crippen molar-refractivity contribution >= 4 is 42.6 Å². The smallest absolute Gasteiger partial charge is 0.243 e. The van der Waals surface area contributed by atoms with Gasteiger partial charge in [0.2, 0.25) is 15.9 Å². The van der Waals surface area contributed by atoms with E-state index in [0.717, 1.165) is 21.3 Å². The van der Waals surface area contributed by atoms with Gasteiger partial charge in [0.25, 0.3) is 0 Å². The molecule has 194 valence electrons. The van der Waals surface area contributed by atoms with Crippen molar-refractivity contribution in [3.05, 3.63) is 71.7 Å². The maximum absolute atomic E-state index is 13.8. The van der Waals surface area contributed by atoms with E-state index in [9.17, 15) is 13.2 Å². The number of sulfonamides is 1. The largest absolute Gasteiger partial charge is 0.497 e. The van der Waals surface area contributed by atoms with Gasteiger partial charge in [0, 0.05) is 19.0 Å². The second-order valence-corrected chi connectivity index (χ2v) is 12.1. The molecule has 1 fully saturated rings. The first kappa shape index (κ1) is 25.4. The van der Waals surface area contributed by atoms with Crippen LogP contribution in [-0.4, -0.2) is 43.8 Å². The number of methoxy groups -OCH3 is 1. The Balaban J connectivity index is 1.37. The molecule has 0 atom stereocenters. The second-order valence-electron chi connectivity index (χ2n) is 9.23. The monoisotopic (exact) mass is 539 g/mol. The summed E-state index contributed by atoms with van der Waals surface area (Å²) in [7, 11) is -2.11. The van der Waals surface area contributed by atoms with Crippen molar-refractivity contribution < 1.29 is 22.4 Å². The van der Waals surface area contributed by atoms with Gasteiger partial charge in [-0.2, -0.15) is 4.31 Å². The predicted octanol–water partition coefficient (Wildman–Crippen LogP) is 5.15. The molecule has 8 nitrogen and oxygen atoms in total. The first-order valence-corrected chi connectivity index (χ1v) is 14.4. The standard InChI is InChI=1S/C27H29N3O5S2/c1-18-6-7-19(2)25-24(18)28-27(36-25)30(17-22-5-4-16-35-22)26(31)20-12-14-29(15-13-20)37(32,33)23-10-8-21(34-3)9-11-23/h4-11,16,20H,12-15,17H2,1-3H3. The molecular weight excluding hydrogens is 510 g/mol. The molecule has 1 aliphatic rings. The highest BCUT2D eigenvalue weighted by molar-refractivity contribution is 7.89. The summed E-state index contributed by atoms with van der Waals surface area (Å²) in [6.45, 7) is 4.88. The number of nitrogens with zero attached hydrogens (tertiary/aromatic N) is 3. The quantitative estimate of drug-likeness (QED) is 0.323. The molecule has 0 aliphatic carbocycles. The molecule has 0 unspecified atom stereocenters. The van der Waals surface area contributed by atoms with Gasteiger partial charge in [-0.25, -0.2) is 13.4 Å². The lowest BCUT2D eigenvalue weighted by Gasteiger charge is -2.32. The fraction of sp³-hybridized carbons (Fsp3) is 0.333. The number of anilines is 1. The molecule has 0 bridgehead atoms. The maximum Gasteiger partial charge on any atom is 0.243 e. The highest BCUT2D eigenvalue weighted by Gasteiger charge is 2.35. The summed E-state index contributed by atoms with van der Waals surface area (Å²) in [5.41, 5.74) is 3.08. The number of carbonyl (C=O) groups is 1. The molecule has 10 heteroatoms. The van der Waals surface area contributed by atoms with E-state index in [1.165, 1.54) is 22.8 Å². The van der Waals surface area contributed by atoms with Crippen LogP contribution in [0.3, 0.4) is 0 Å². The lowest BCUT2D eigenvalue weighted by Crippen LogP contribution is -2.44. The van der Waals surface area contributed by atoms with E-state index in [0.29, 0.717) is 29.5 Å². The van der Waals surface area contributed by atoms with Crippen molar-refractivity contribution in [2.45, 2.75) is 38.1 Å². The van der Waals surface area contributed by atoms with Crippen molar-refractivity contribution in [1.82, 2.24) is 9.29 Å². The summed E-state index contributed by atoms with van der Waals surface area (Å²) in [6, 6.07) is 14.1. The Hall–Kier alpha value is -3.21. The normalized spacial score (nSPS) is 15.2. The number of furan rings is 1. The van der Waals surface area contributed by atoms with Crippen LogP contribution in [0.4, 0.5) is 5.13 Å². The van der Waals surface area contributed by atoms with Crippen LogP contribution in [0.15, 0.2) is 64.1 Å². The van der Waals surface area contributed by atoms with Crippen LogP contribution in [-0.2, 0) is 21.4 Å². The molecule has 1 saturated heterocycles. The lowest BCUT2D eigenvalue weighted by atomic mass is 9.96. The van der Waals surface area contributed by atoms with Crippen molar-refractivity contribution in [3.8, 4) is 5.75 Å².